The van der Waals surface area contributed by atoms with Gasteiger partial charge in [-0.15, -0.1) is 0 Å². The van der Waals surface area contributed by atoms with Gasteiger partial charge in [0.1, 0.15) is 5.82 Å². The van der Waals surface area contributed by atoms with Crippen LogP contribution in [0.4, 0.5) is 4.39 Å². The van der Waals surface area contributed by atoms with E-state index in [0.717, 1.165) is 12.8 Å². The summed E-state index contributed by atoms with van der Waals surface area (Å²) in [5.41, 5.74) is 0.629. The second-order valence-corrected chi connectivity index (χ2v) is 5.15. The zero-order valence-corrected chi connectivity index (χ0v) is 12.0. The van der Waals surface area contributed by atoms with Crippen molar-refractivity contribution in [3.05, 3.63) is 35.6 Å². The summed E-state index contributed by atoms with van der Waals surface area (Å²) in [7, 11) is 0. The van der Waals surface area contributed by atoms with Crippen molar-refractivity contribution >= 4 is 5.78 Å². The van der Waals surface area contributed by atoms with Gasteiger partial charge in [-0.2, -0.15) is 0 Å². The van der Waals surface area contributed by atoms with Crippen molar-refractivity contribution in [1.82, 2.24) is 0 Å². The molecule has 0 radical (unpaired) electrons. The third-order valence-corrected chi connectivity index (χ3v) is 3.42. The zero-order chi connectivity index (χ0) is 13.9. The summed E-state index contributed by atoms with van der Waals surface area (Å²) < 4.78 is 12.7. The Kier molecular flexibility index (Phi) is 8.11. The van der Waals surface area contributed by atoms with Crippen LogP contribution in [0.1, 0.15) is 75.1 Å². The second-order valence-electron chi connectivity index (χ2n) is 5.15. The SMILES string of the molecule is CCCCCCCCCCC(=O)c1ccc(F)cc1. The Bertz CT molecular complexity index is 356. The van der Waals surface area contributed by atoms with Crippen LogP contribution in [0.25, 0.3) is 0 Å². The standard InChI is InChI=1S/C17H25FO/c1-2-3-4-5-6-7-8-9-10-17(19)15-11-13-16(18)14-12-15/h11-14H,2-10H2,1H3. The van der Waals surface area contributed by atoms with E-state index < -0.39 is 0 Å². The monoisotopic (exact) mass is 264 g/mol. The Morgan fingerprint density at radius 3 is 2.00 bits per heavy atom. The molecule has 0 bridgehead atoms. The number of halogens is 1. The van der Waals surface area contributed by atoms with Gasteiger partial charge in [-0.25, -0.2) is 4.39 Å². The molecule has 1 aromatic rings. The quantitative estimate of drug-likeness (QED) is 0.400. The Morgan fingerprint density at radius 1 is 0.895 bits per heavy atom. The second kappa shape index (κ2) is 9.71. The van der Waals surface area contributed by atoms with Crippen molar-refractivity contribution in [2.45, 2.75) is 64.7 Å². The molecule has 0 saturated carbocycles. The fourth-order valence-electron chi connectivity index (χ4n) is 2.20. The summed E-state index contributed by atoms with van der Waals surface area (Å²) in [6.07, 6.45) is 10.4. The number of carbonyl (C=O) groups excluding carboxylic acids is 1. The number of hydrogen-bond donors (Lipinski definition) is 0. The maximum atomic E-state index is 12.7. The summed E-state index contributed by atoms with van der Waals surface area (Å²) in [6, 6.07) is 5.84. The summed E-state index contributed by atoms with van der Waals surface area (Å²) in [4.78, 5) is 11.8. The lowest BCUT2D eigenvalue weighted by molar-refractivity contribution is 0.0979. The van der Waals surface area contributed by atoms with Crippen LogP contribution < -0.4 is 0 Å². The Balaban J connectivity index is 2.06. The van der Waals surface area contributed by atoms with Gasteiger partial charge in [-0.05, 0) is 30.7 Å². The van der Waals surface area contributed by atoms with Crippen LogP contribution in [0.2, 0.25) is 0 Å². The predicted octanol–water partition coefficient (Wildman–Crippen LogP) is 5.54. The first-order valence-electron chi connectivity index (χ1n) is 7.53. The summed E-state index contributed by atoms with van der Waals surface area (Å²) in [6.45, 7) is 2.22. The van der Waals surface area contributed by atoms with E-state index in [-0.39, 0.29) is 11.6 Å². The molecular formula is C17H25FO. The highest BCUT2D eigenvalue weighted by atomic mass is 19.1. The third-order valence-electron chi connectivity index (χ3n) is 3.42. The normalized spacial score (nSPS) is 10.6. The predicted molar refractivity (Wildman–Crippen MR) is 78.0 cm³/mol. The van der Waals surface area contributed by atoms with E-state index in [9.17, 15) is 9.18 Å². The third kappa shape index (κ3) is 7.09. The number of Topliss-reactive ketones (excluding diaryl/α,β-unsaturated/α-hetero) is 1. The molecule has 2 heteroatoms. The fraction of sp³-hybridized carbons (Fsp3) is 0.588. The molecule has 1 rings (SSSR count). The number of benzene rings is 1. The first-order valence-corrected chi connectivity index (χ1v) is 7.53. The number of rotatable bonds is 10. The summed E-state index contributed by atoms with van der Waals surface area (Å²) in [5.74, 6) is -0.158. The highest BCUT2D eigenvalue weighted by Crippen LogP contribution is 2.12. The number of carbonyl (C=O) groups is 1. The molecular weight excluding hydrogens is 239 g/mol. The van der Waals surface area contributed by atoms with Crippen LogP contribution in [-0.2, 0) is 0 Å². The largest absolute Gasteiger partial charge is 0.294 e. The molecule has 0 atom stereocenters. The lowest BCUT2D eigenvalue weighted by Crippen LogP contribution is -1.98. The Morgan fingerprint density at radius 2 is 1.42 bits per heavy atom. The van der Waals surface area contributed by atoms with Crippen LogP contribution in [0.5, 0.6) is 0 Å². The fourth-order valence-corrected chi connectivity index (χ4v) is 2.20. The van der Waals surface area contributed by atoms with Crippen molar-refractivity contribution in [1.29, 1.82) is 0 Å². The molecule has 0 heterocycles. The number of ketones is 1. The van der Waals surface area contributed by atoms with Gasteiger partial charge >= 0.3 is 0 Å². The number of unbranched alkanes of at least 4 members (excludes halogenated alkanes) is 7. The van der Waals surface area contributed by atoms with E-state index in [2.05, 4.69) is 6.92 Å². The minimum atomic E-state index is -0.288. The minimum absolute atomic E-state index is 0.131. The average molecular weight is 264 g/mol. The molecule has 0 fully saturated rings. The van der Waals surface area contributed by atoms with Gasteiger partial charge in [0.15, 0.2) is 5.78 Å². The van der Waals surface area contributed by atoms with Crippen LogP contribution >= 0.6 is 0 Å². The lowest BCUT2D eigenvalue weighted by Gasteiger charge is -2.02. The maximum Gasteiger partial charge on any atom is 0.162 e. The molecule has 19 heavy (non-hydrogen) atoms. The molecule has 106 valence electrons. The van der Waals surface area contributed by atoms with Crippen LogP contribution in [0.15, 0.2) is 24.3 Å². The molecule has 0 aliphatic heterocycles. The molecule has 0 spiro atoms. The molecule has 1 nitrogen and oxygen atoms in total. The first kappa shape index (κ1) is 15.9. The Labute approximate surface area is 116 Å². The van der Waals surface area contributed by atoms with Crippen molar-refractivity contribution in [3.63, 3.8) is 0 Å². The van der Waals surface area contributed by atoms with E-state index in [4.69, 9.17) is 0 Å². The highest BCUT2D eigenvalue weighted by molar-refractivity contribution is 5.95. The van der Waals surface area contributed by atoms with Crippen LogP contribution in [-0.4, -0.2) is 5.78 Å². The molecule has 0 aliphatic rings. The van der Waals surface area contributed by atoms with Crippen molar-refractivity contribution in [2.24, 2.45) is 0 Å². The highest BCUT2D eigenvalue weighted by Gasteiger charge is 2.05. The van der Waals surface area contributed by atoms with Gasteiger partial charge in [0.2, 0.25) is 0 Å². The molecule has 0 N–H and O–H groups in total. The van der Waals surface area contributed by atoms with Crippen LogP contribution in [0.3, 0.4) is 0 Å². The van der Waals surface area contributed by atoms with Crippen molar-refractivity contribution in [3.8, 4) is 0 Å². The zero-order valence-electron chi connectivity index (χ0n) is 12.0. The van der Waals surface area contributed by atoms with E-state index in [0.29, 0.717) is 12.0 Å². The number of hydrogen-bond acceptors (Lipinski definition) is 1. The smallest absolute Gasteiger partial charge is 0.162 e. The van der Waals surface area contributed by atoms with E-state index in [1.54, 1.807) is 12.1 Å². The average Bonchev–Trinajstić information content (AvgIpc) is 2.42. The van der Waals surface area contributed by atoms with Gasteiger partial charge in [0, 0.05) is 12.0 Å². The molecule has 0 amide bonds. The van der Waals surface area contributed by atoms with E-state index >= 15 is 0 Å². The summed E-state index contributed by atoms with van der Waals surface area (Å²) >= 11 is 0. The van der Waals surface area contributed by atoms with E-state index in [1.165, 1.54) is 50.7 Å². The molecule has 0 aliphatic carbocycles. The molecule has 0 aromatic heterocycles. The van der Waals surface area contributed by atoms with Gasteiger partial charge < -0.3 is 0 Å². The van der Waals surface area contributed by atoms with Crippen molar-refractivity contribution < 1.29 is 9.18 Å². The van der Waals surface area contributed by atoms with Crippen molar-refractivity contribution in [2.75, 3.05) is 0 Å². The maximum absolute atomic E-state index is 12.7. The van der Waals surface area contributed by atoms with Gasteiger partial charge in [-0.1, -0.05) is 51.9 Å². The molecule has 1 aromatic carbocycles. The lowest BCUT2D eigenvalue weighted by atomic mass is 10.0. The minimum Gasteiger partial charge on any atom is -0.294 e. The van der Waals surface area contributed by atoms with Gasteiger partial charge in [0.25, 0.3) is 0 Å². The van der Waals surface area contributed by atoms with E-state index in [1.807, 2.05) is 0 Å². The van der Waals surface area contributed by atoms with Gasteiger partial charge in [-0.3, -0.25) is 4.79 Å². The molecule has 0 saturated heterocycles. The molecule has 0 unspecified atom stereocenters. The van der Waals surface area contributed by atoms with Gasteiger partial charge in [0.05, 0.1) is 0 Å². The van der Waals surface area contributed by atoms with Crippen LogP contribution in [0, 0.1) is 5.82 Å². The summed E-state index contributed by atoms with van der Waals surface area (Å²) in [5, 5.41) is 0. The topological polar surface area (TPSA) is 17.1 Å². The first-order chi connectivity index (χ1) is 9.24. The Hall–Kier alpha value is -1.18.